The fourth-order valence-electron chi connectivity index (χ4n) is 1.82. The van der Waals surface area contributed by atoms with Gasteiger partial charge < -0.3 is 9.84 Å². The predicted octanol–water partition coefficient (Wildman–Crippen LogP) is 5.02. The minimum Gasteiger partial charge on any atom is -0.495 e. The second kappa shape index (κ2) is 5.92. The highest BCUT2D eigenvalue weighted by Crippen LogP contribution is 2.38. The minimum absolute atomic E-state index is 0.0561. The number of halogens is 3. The van der Waals surface area contributed by atoms with Crippen LogP contribution in [0.25, 0.3) is 11.1 Å². The van der Waals surface area contributed by atoms with Crippen LogP contribution in [-0.2, 0) is 0 Å². The molecule has 0 fully saturated rings. The highest BCUT2D eigenvalue weighted by Gasteiger charge is 2.16. The van der Waals surface area contributed by atoms with Gasteiger partial charge in [-0.2, -0.15) is 0 Å². The monoisotopic (exact) mass is 330 g/mol. The lowest BCUT2D eigenvalue weighted by Crippen LogP contribution is -2.00. The third-order valence-electron chi connectivity index (χ3n) is 2.74. The Kier molecular flexibility index (Phi) is 4.43. The lowest BCUT2D eigenvalue weighted by Gasteiger charge is -2.11. The standard InChI is InChI=1S/C14H9Cl3O3/c1-20-13-6-11(16)9(5-12(13)17)8-3-2-7(15)4-10(8)14(18)19/h2-6H,1H3,(H,18,19). The molecule has 0 radical (unpaired) electrons. The molecule has 6 heteroatoms. The highest BCUT2D eigenvalue weighted by atomic mass is 35.5. The lowest BCUT2D eigenvalue weighted by molar-refractivity contribution is 0.0697. The molecule has 0 aliphatic carbocycles. The van der Waals surface area contributed by atoms with Crippen molar-refractivity contribution in [2.45, 2.75) is 0 Å². The molecule has 1 N–H and O–H groups in total. The van der Waals surface area contributed by atoms with Crippen molar-refractivity contribution in [1.29, 1.82) is 0 Å². The number of hydrogen-bond acceptors (Lipinski definition) is 2. The van der Waals surface area contributed by atoms with Crippen LogP contribution >= 0.6 is 34.8 Å². The van der Waals surface area contributed by atoms with Gasteiger partial charge in [0.2, 0.25) is 0 Å². The van der Waals surface area contributed by atoms with Crippen molar-refractivity contribution in [3.8, 4) is 16.9 Å². The molecular weight excluding hydrogens is 323 g/mol. The van der Waals surface area contributed by atoms with Crippen LogP contribution < -0.4 is 4.74 Å². The van der Waals surface area contributed by atoms with Crippen LogP contribution in [0.4, 0.5) is 0 Å². The molecule has 0 unspecified atom stereocenters. The van der Waals surface area contributed by atoms with Crippen LogP contribution in [0.5, 0.6) is 5.75 Å². The number of aromatic carboxylic acids is 1. The summed E-state index contributed by atoms with van der Waals surface area (Å²) >= 11 is 18.0. The van der Waals surface area contributed by atoms with Gasteiger partial charge in [-0.3, -0.25) is 0 Å². The second-order valence-electron chi connectivity index (χ2n) is 3.96. The Morgan fingerprint density at radius 1 is 1.05 bits per heavy atom. The molecule has 2 aromatic rings. The van der Waals surface area contributed by atoms with Crippen molar-refractivity contribution in [2.75, 3.05) is 7.11 Å². The van der Waals surface area contributed by atoms with Gasteiger partial charge >= 0.3 is 5.97 Å². The first-order chi connectivity index (χ1) is 9.43. The number of rotatable bonds is 3. The molecule has 0 saturated carbocycles. The van der Waals surface area contributed by atoms with Crippen molar-refractivity contribution in [3.05, 3.63) is 51.0 Å². The summed E-state index contributed by atoms with van der Waals surface area (Å²) in [5.41, 5.74) is 1.00. The highest BCUT2D eigenvalue weighted by molar-refractivity contribution is 6.36. The van der Waals surface area contributed by atoms with Crippen molar-refractivity contribution in [3.63, 3.8) is 0 Å². The zero-order chi connectivity index (χ0) is 14.9. The number of ether oxygens (including phenoxy) is 1. The summed E-state index contributed by atoms with van der Waals surface area (Å²) in [6.07, 6.45) is 0. The van der Waals surface area contributed by atoms with Crippen molar-refractivity contribution >= 4 is 40.8 Å². The van der Waals surface area contributed by atoms with Gasteiger partial charge in [-0.25, -0.2) is 4.79 Å². The smallest absolute Gasteiger partial charge is 0.336 e. The van der Waals surface area contributed by atoms with Crippen LogP contribution in [0.1, 0.15) is 10.4 Å². The Morgan fingerprint density at radius 3 is 2.35 bits per heavy atom. The van der Waals surface area contributed by atoms with E-state index in [1.807, 2.05) is 0 Å². The maximum atomic E-state index is 11.3. The van der Waals surface area contributed by atoms with Crippen molar-refractivity contribution < 1.29 is 14.6 Å². The molecule has 0 aromatic heterocycles. The quantitative estimate of drug-likeness (QED) is 0.859. The fourth-order valence-corrected chi connectivity index (χ4v) is 2.49. The Morgan fingerprint density at radius 2 is 1.75 bits per heavy atom. The first-order valence-corrected chi connectivity index (χ1v) is 6.63. The average Bonchev–Trinajstić information content (AvgIpc) is 2.41. The van der Waals surface area contributed by atoms with Crippen molar-refractivity contribution in [2.24, 2.45) is 0 Å². The zero-order valence-electron chi connectivity index (χ0n) is 10.3. The fraction of sp³-hybridized carbons (Fsp3) is 0.0714. The molecule has 0 heterocycles. The second-order valence-corrected chi connectivity index (χ2v) is 5.21. The SMILES string of the molecule is COc1cc(Cl)c(-c2ccc(Cl)cc2C(=O)O)cc1Cl. The summed E-state index contributed by atoms with van der Waals surface area (Å²) in [5.74, 6) is -0.670. The maximum absolute atomic E-state index is 11.3. The van der Waals surface area contributed by atoms with Crippen LogP contribution in [-0.4, -0.2) is 18.2 Å². The molecule has 0 bridgehead atoms. The summed E-state index contributed by atoms with van der Waals surface area (Å²) < 4.78 is 5.06. The van der Waals surface area contributed by atoms with E-state index in [1.165, 1.54) is 13.2 Å². The Hall–Kier alpha value is -1.42. The Bertz CT molecular complexity index is 684. The molecular formula is C14H9Cl3O3. The van der Waals surface area contributed by atoms with E-state index in [-0.39, 0.29) is 5.56 Å². The molecule has 104 valence electrons. The zero-order valence-corrected chi connectivity index (χ0v) is 12.6. The van der Waals surface area contributed by atoms with Gasteiger partial charge in [-0.1, -0.05) is 40.9 Å². The molecule has 2 rings (SSSR count). The third kappa shape index (κ3) is 2.85. The van der Waals surface area contributed by atoms with E-state index in [1.54, 1.807) is 24.3 Å². The molecule has 0 amide bonds. The molecule has 3 nitrogen and oxygen atoms in total. The summed E-state index contributed by atoms with van der Waals surface area (Å²) in [5, 5.41) is 10.3. The van der Waals surface area contributed by atoms with Crippen molar-refractivity contribution in [1.82, 2.24) is 0 Å². The molecule has 0 atom stereocenters. The van der Waals surface area contributed by atoms with Gasteiger partial charge in [0.05, 0.1) is 22.7 Å². The molecule has 0 aliphatic heterocycles. The van der Waals surface area contributed by atoms with Gasteiger partial charge in [0, 0.05) is 16.7 Å². The summed E-state index contributed by atoms with van der Waals surface area (Å²) in [4.78, 5) is 11.3. The summed E-state index contributed by atoms with van der Waals surface area (Å²) in [6, 6.07) is 7.67. The number of carboxylic acid groups (broad SMARTS) is 1. The minimum atomic E-state index is -1.09. The summed E-state index contributed by atoms with van der Waals surface area (Å²) in [6.45, 7) is 0. The normalized spacial score (nSPS) is 10.4. The Labute approximate surface area is 130 Å². The van der Waals surface area contributed by atoms with Crippen LogP contribution in [0.3, 0.4) is 0 Å². The maximum Gasteiger partial charge on any atom is 0.336 e. The van der Waals surface area contributed by atoms with Crippen LogP contribution in [0, 0.1) is 0 Å². The van der Waals surface area contributed by atoms with Gasteiger partial charge in [-0.15, -0.1) is 0 Å². The number of carbonyl (C=O) groups is 1. The van der Waals surface area contributed by atoms with Gasteiger partial charge in [0.1, 0.15) is 5.75 Å². The first kappa shape index (κ1) is 15.0. The van der Waals surface area contributed by atoms with Gasteiger partial charge in [0.15, 0.2) is 0 Å². The topological polar surface area (TPSA) is 46.5 Å². The molecule has 0 saturated heterocycles. The van der Waals surface area contributed by atoms with E-state index in [0.717, 1.165) is 0 Å². The molecule has 0 aliphatic rings. The molecule has 2 aromatic carbocycles. The van der Waals surface area contributed by atoms with E-state index in [2.05, 4.69) is 0 Å². The van der Waals surface area contributed by atoms with Gasteiger partial charge in [0.25, 0.3) is 0 Å². The number of hydrogen-bond donors (Lipinski definition) is 1. The van der Waals surface area contributed by atoms with E-state index < -0.39 is 5.97 Å². The van der Waals surface area contributed by atoms with E-state index >= 15 is 0 Å². The van der Waals surface area contributed by atoms with Gasteiger partial charge in [-0.05, 0) is 23.8 Å². The van der Waals surface area contributed by atoms with Crippen LogP contribution in [0.2, 0.25) is 15.1 Å². The van der Waals surface area contributed by atoms with E-state index in [0.29, 0.717) is 31.9 Å². The Balaban J connectivity index is 2.69. The number of benzene rings is 2. The van der Waals surface area contributed by atoms with E-state index in [9.17, 15) is 9.90 Å². The molecule has 20 heavy (non-hydrogen) atoms. The third-order valence-corrected chi connectivity index (χ3v) is 3.59. The number of methoxy groups -OCH3 is 1. The van der Waals surface area contributed by atoms with Crippen LogP contribution in [0.15, 0.2) is 30.3 Å². The lowest BCUT2D eigenvalue weighted by atomic mass is 9.99. The van der Waals surface area contributed by atoms with E-state index in [4.69, 9.17) is 39.5 Å². The summed E-state index contributed by atoms with van der Waals surface area (Å²) in [7, 11) is 1.47. The first-order valence-electron chi connectivity index (χ1n) is 5.50. The number of carboxylic acids is 1. The molecule has 0 spiro atoms. The average molecular weight is 332 g/mol. The largest absolute Gasteiger partial charge is 0.495 e. The predicted molar refractivity (Wildman–Crippen MR) is 80.4 cm³/mol.